The molecule has 2 aliphatic carbocycles. The molecule has 0 radical (unpaired) electrons. The van der Waals surface area contributed by atoms with Crippen LogP contribution in [0.25, 0.3) is 0 Å². The van der Waals surface area contributed by atoms with Gasteiger partial charge in [-0.1, -0.05) is 19.3 Å². The predicted molar refractivity (Wildman–Crippen MR) is 128 cm³/mol. The molecule has 0 bridgehead atoms. The third-order valence-electron chi connectivity index (χ3n) is 6.70. The van der Waals surface area contributed by atoms with Gasteiger partial charge in [0.2, 0.25) is 15.9 Å². The molecule has 0 aliphatic heterocycles. The number of carbonyl (C=O) groups excluding carboxylic acids is 1. The first-order chi connectivity index (χ1) is 14.6. The largest absolute Gasteiger partial charge is 0.385 e. The van der Waals surface area contributed by atoms with Crippen molar-refractivity contribution >= 4 is 27.3 Å². The Labute approximate surface area is 188 Å². The van der Waals surface area contributed by atoms with Gasteiger partial charge in [-0.15, -0.1) is 0 Å². The summed E-state index contributed by atoms with van der Waals surface area (Å²) >= 11 is 0. The molecule has 174 valence electrons. The fourth-order valence-corrected chi connectivity index (χ4v) is 5.45. The summed E-state index contributed by atoms with van der Waals surface area (Å²) in [4.78, 5) is 12.4. The van der Waals surface area contributed by atoms with E-state index in [0.29, 0.717) is 5.92 Å². The van der Waals surface area contributed by atoms with Gasteiger partial charge in [0.15, 0.2) is 0 Å². The van der Waals surface area contributed by atoms with Crippen molar-refractivity contribution < 1.29 is 13.2 Å². The Hall–Kier alpha value is -1.60. The molecule has 1 amide bonds. The monoisotopic (exact) mass is 449 g/mol. The molecular weight excluding hydrogens is 410 g/mol. The van der Waals surface area contributed by atoms with Crippen molar-refractivity contribution in [2.75, 3.05) is 17.2 Å². The zero-order chi connectivity index (χ0) is 22.5. The van der Waals surface area contributed by atoms with Crippen molar-refractivity contribution in [2.45, 2.75) is 89.3 Å². The molecule has 0 aromatic heterocycles. The van der Waals surface area contributed by atoms with Crippen LogP contribution in [-0.2, 0) is 14.8 Å². The maximum Gasteiger partial charge on any atom is 0.227 e. The van der Waals surface area contributed by atoms with Crippen LogP contribution in [0.5, 0.6) is 0 Å². The topological polar surface area (TPSA) is 87.3 Å². The number of amides is 1. The SMILES string of the molecule is CC(C)(C)S(=O)(=O)N[C@H]1CC[C@H](CNc2ccc(NC(=O)C3CCCCC3)cc2)CC1. The van der Waals surface area contributed by atoms with Crippen LogP contribution in [0.2, 0.25) is 0 Å². The molecular formula is C24H39N3O3S. The van der Waals surface area contributed by atoms with Crippen LogP contribution < -0.4 is 15.4 Å². The van der Waals surface area contributed by atoms with E-state index in [-0.39, 0.29) is 17.9 Å². The van der Waals surface area contributed by atoms with E-state index in [2.05, 4.69) is 15.4 Å². The second-order valence-corrected chi connectivity index (χ2v) is 12.7. The second-order valence-electron chi connectivity index (χ2n) is 10.2. The summed E-state index contributed by atoms with van der Waals surface area (Å²) in [5.41, 5.74) is 1.90. The van der Waals surface area contributed by atoms with Crippen molar-refractivity contribution in [1.29, 1.82) is 0 Å². The quantitative estimate of drug-likeness (QED) is 0.553. The van der Waals surface area contributed by atoms with Crippen LogP contribution in [0, 0.1) is 11.8 Å². The Morgan fingerprint density at radius 2 is 1.48 bits per heavy atom. The van der Waals surface area contributed by atoms with Crippen molar-refractivity contribution in [2.24, 2.45) is 11.8 Å². The molecule has 0 unspecified atom stereocenters. The van der Waals surface area contributed by atoms with E-state index in [1.807, 2.05) is 24.3 Å². The molecule has 0 saturated heterocycles. The first-order valence-corrected chi connectivity index (χ1v) is 13.3. The fourth-order valence-electron chi connectivity index (χ4n) is 4.42. The van der Waals surface area contributed by atoms with Crippen molar-refractivity contribution in [3.8, 4) is 0 Å². The van der Waals surface area contributed by atoms with Crippen LogP contribution >= 0.6 is 0 Å². The lowest BCUT2D eigenvalue weighted by molar-refractivity contribution is -0.120. The minimum Gasteiger partial charge on any atom is -0.385 e. The summed E-state index contributed by atoms with van der Waals surface area (Å²) in [7, 11) is -3.29. The molecule has 3 N–H and O–H groups in total. The van der Waals surface area contributed by atoms with Crippen molar-refractivity contribution in [1.82, 2.24) is 4.72 Å². The number of hydrogen-bond donors (Lipinski definition) is 3. The van der Waals surface area contributed by atoms with Gasteiger partial charge in [-0.05, 0) is 89.5 Å². The molecule has 7 heteroatoms. The number of nitrogens with one attached hydrogen (secondary N) is 3. The minimum atomic E-state index is -3.29. The lowest BCUT2D eigenvalue weighted by atomic mass is 9.86. The van der Waals surface area contributed by atoms with Gasteiger partial charge in [-0.3, -0.25) is 4.79 Å². The van der Waals surface area contributed by atoms with Gasteiger partial charge < -0.3 is 10.6 Å². The molecule has 2 fully saturated rings. The minimum absolute atomic E-state index is 0.0486. The van der Waals surface area contributed by atoms with Crippen molar-refractivity contribution in [3.05, 3.63) is 24.3 Å². The highest BCUT2D eigenvalue weighted by Gasteiger charge is 2.32. The number of benzene rings is 1. The molecule has 1 aromatic carbocycles. The van der Waals surface area contributed by atoms with Crippen molar-refractivity contribution in [3.63, 3.8) is 0 Å². The van der Waals surface area contributed by atoms with Gasteiger partial charge >= 0.3 is 0 Å². The van der Waals surface area contributed by atoms with E-state index in [0.717, 1.165) is 69.3 Å². The lowest BCUT2D eigenvalue weighted by Crippen LogP contribution is -2.46. The van der Waals surface area contributed by atoms with Crippen LogP contribution in [0.1, 0.15) is 78.6 Å². The first-order valence-electron chi connectivity index (χ1n) is 11.8. The highest BCUT2D eigenvalue weighted by atomic mass is 32.2. The van der Waals surface area contributed by atoms with Gasteiger partial charge in [-0.2, -0.15) is 0 Å². The Morgan fingerprint density at radius 3 is 2.06 bits per heavy atom. The van der Waals surface area contributed by atoms with E-state index in [1.165, 1.54) is 6.42 Å². The number of carbonyl (C=O) groups is 1. The highest BCUT2D eigenvalue weighted by molar-refractivity contribution is 7.90. The Balaban J connectivity index is 1.39. The second kappa shape index (κ2) is 10.3. The normalized spacial score (nSPS) is 23.3. The molecule has 0 spiro atoms. The smallest absolute Gasteiger partial charge is 0.227 e. The summed E-state index contributed by atoms with van der Waals surface area (Å²) in [6, 6.07) is 7.99. The van der Waals surface area contributed by atoms with E-state index in [1.54, 1.807) is 20.8 Å². The average molecular weight is 450 g/mol. The lowest BCUT2D eigenvalue weighted by Gasteiger charge is -2.31. The van der Waals surface area contributed by atoms with Gasteiger partial charge in [-0.25, -0.2) is 13.1 Å². The molecule has 3 rings (SSSR count). The van der Waals surface area contributed by atoms with Crippen LogP contribution in [-0.4, -0.2) is 31.7 Å². The molecule has 1 aromatic rings. The van der Waals surface area contributed by atoms with Gasteiger partial charge in [0.1, 0.15) is 0 Å². The Kier molecular flexibility index (Phi) is 8.03. The van der Waals surface area contributed by atoms with E-state index in [4.69, 9.17) is 0 Å². The standard InChI is InChI=1S/C24H39N3O3S/c1-24(2,3)31(29,30)27-22-11-9-18(10-12-22)17-25-20-13-15-21(16-14-20)26-23(28)19-7-5-4-6-8-19/h13-16,18-19,22,25,27H,4-12,17H2,1-3H3,(H,26,28)/t18-,22-. The fraction of sp³-hybridized carbons (Fsp3) is 0.708. The predicted octanol–water partition coefficient (Wildman–Crippen LogP) is 4.89. The summed E-state index contributed by atoms with van der Waals surface area (Å²) in [5.74, 6) is 0.856. The van der Waals surface area contributed by atoms with Gasteiger partial charge in [0.05, 0.1) is 4.75 Å². The number of anilines is 2. The molecule has 2 aliphatic rings. The number of hydrogen-bond acceptors (Lipinski definition) is 4. The summed E-state index contributed by atoms with van der Waals surface area (Å²) in [6.45, 7) is 6.08. The third kappa shape index (κ3) is 6.94. The van der Waals surface area contributed by atoms with Gasteiger partial charge in [0.25, 0.3) is 0 Å². The molecule has 31 heavy (non-hydrogen) atoms. The molecule has 2 saturated carbocycles. The van der Waals surface area contributed by atoms with E-state index in [9.17, 15) is 13.2 Å². The summed E-state index contributed by atoms with van der Waals surface area (Å²) < 4.78 is 26.8. The van der Waals surface area contributed by atoms with Crippen LogP contribution in [0.15, 0.2) is 24.3 Å². The highest BCUT2D eigenvalue weighted by Crippen LogP contribution is 2.28. The average Bonchev–Trinajstić information content (AvgIpc) is 2.74. The molecule has 0 heterocycles. The maximum absolute atomic E-state index is 12.4. The summed E-state index contributed by atoms with van der Waals surface area (Å²) in [5, 5.41) is 6.55. The Morgan fingerprint density at radius 1 is 0.903 bits per heavy atom. The zero-order valence-electron chi connectivity index (χ0n) is 19.2. The molecule has 0 atom stereocenters. The number of sulfonamides is 1. The first kappa shape index (κ1) is 24.1. The Bertz CT molecular complexity index is 817. The van der Waals surface area contributed by atoms with E-state index >= 15 is 0 Å². The van der Waals surface area contributed by atoms with Crippen LogP contribution in [0.4, 0.5) is 11.4 Å². The van der Waals surface area contributed by atoms with Gasteiger partial charge in [0, 0.05) is 29.9 Å². The third-order valence-corrected chi connectivity index (χ3v) is 8.95. The number of rotatable bonds is 7. The van der Waals surface area contributed by atoms with Crippen LogP contribution in [0.3, 0.4) is 0 Å². The maximum atomic E-state index is 12.4. The summed E-state index contributed by atoms with van der Waals surface area (Å²) in [6.07, 6.45) is 9.37. The molecule has 6 nitrogen and oxygen atoms in total. The van der Waals surface area contributed by atoms with E-state index < -0.39 is 14.8 Å². The zero-order valence-corrected chi connectivity index (χ0v) is 20.1.